The maximum atomic E-state index is 5.85. The minimum atomic E-state index is 0.350. The molecule has 0 aliphatic carbocycles. The van der Waals surface area contributed by atoms with Crippen molar-refractivity contribution in [1.82, 2.24) is 4.98 Å². The van der Waals surface area contributed by atoms with Crippen LogP contribution in [0.5, 0.6) is 0 Å². The zero-order valence-electron chi connectivity index (χ0n) is 9.02. The van der Waals surface area contributed by atoms with E-state index in [2.05, 4.69) is 9.88 Å². The normalized spacial score (nSPS) is 20.5. The van der Waals surface area contributed by atoms with E-state index >= 15 is 0 Å². The van der Waals surface area contributed by atoms with Gasteiger partial charge in [0.15, 0.2) is 0 Å². The summed E-state index contributed by atoms with van der Waals surface area (Å²) in [6, 6.07) is 1.93. The summed E-state index contributed by atoms with van der Waals surface area (Å²) >= 11 is 0. The van der Waals surface area contributed by atoms with Crippen molar-refractivity contribution < 1.29 is 4.74 Å². The molecule has 1 aliphatic rings. The highest BCUT2D eigenvalue weighted by molar-refractivity contribution is 5.65. The smallest absolute Gasteiger partial charge is 0.0750 e. The Hall–Kier alpha value is -1.29. The Labute approximate surface area is 90.0 Å². The van der Waals surface area contributed by atoms with Gasteiger partial charge in [0.1, 0.15) is 0 Å². The Morgan fingerprint density at radius 3 is 3.20 bits per heavy atom. The number of nitrogen functional groups attached to an aromatic ring is 1. The van der Waals surface area contributed by atoms with Crippen molar-refractivity contribution >= 4 is 11.4 Å². The molecule has 0 aromatic carbocycles. The highest BCUT2D eigenvalue weighted by Gasteiger charge is 2.18. The second-order valence-corrected chi connectivity index (χ2v) is 3.95. The van der Waals surface area contributed by atoms with E-state index in [1.54, 1.807) is 12.4 Å². The average Bonchev–Trinajstić information content (AvgIpc) is 2.71. The van der Waals surface area contributed by atoms with Crippen LogP contribution in [0.2, 0.25) is 0 Å². The Balaban J connectivity index is 2.00. The van der Waals surface area contributed by atoms with Crippen molar-refractivity contribution in [1.29, 1.82) is 0 Å². The molecule has 1 atom stereocenters. The zero-order chi connectivity index (χ0) is 10.7. The molecule has 4 nitrogen and oxygen atoms in total. The summed E-state index contributed by atoms with van der Waals surface area (Å²) in [4.78, 5) is 6.11. The largest absolute Gasteiger partial charge is 0.396 e. The van der Waals surface area contributed by atoms with Gasteiger partial charge in [-0.15, -0.1) is 0 Å². The van der Waals surface area contributed by atoms with Crippen LogP contribution in [0.3, 0.4) is 0 Å². The van der Waals surface area contributed by atoms with E-state index in [-0.39, 0.29) is 0 Å². The standard InChI is InChI=1S/C11H17N3O/c1-14(8-9-3-2-6-15-9)11-4-5-13-7-10(11)12/h4-5,7,9H,2-3,6,8,12H2,1H3. The summed E-state index contributed by atoms with van der Waals surface area (Å²) in [7, 11) is 2.04. The van der Waals surface area contributed by atoms with E-state index in [0.717, 1.165) is 30.9 Å². The lowest BCUT2D eigenvalue weighted by molar-refractivity contribution is 0.116. The predicted molar refractivity (Wildman–Crippen MR) is 60.9 cm³/mol. The van der Waals surface area contributed by atoms with Gasteiger partial charge in [0.2, 0.25) is 0 Å². The van der Waals surface area contributed by atoms with Gasteiger partial charge in [-0.3, -0.25) is 4.98 Å². The monoisotopic (exact) mass is 207 g/mol. The highest BCUT2D eigenvalue weighted by Crippen LogP contribution is 2.22. The van der Waals surface area contributed by atoms with Crippen LogP contribution in [-0.2, 0) is 4.74 Å². The summed E-state index contributed by atoms with van der Waals surface area (Å²) in [5.41, 5.74) is 7.60. The summed E-state index contributed by atoms with van der Waals surface area (Å²) in [6.45, 7) is 1.79. The quantitative estimate of drug-likeness (QED) is 0.811. The van der Waals surface area contributed by atoms with Gasteiger partial charge in [0.05, 0.1) is 23.7 Å². The lowest BCUT2D eigenvalue weighted by atomic mass is 10.2. The Morgan fingerprint density at radius 2 is 2.53 bits per heavy atom. The lowest BCUT2D eigenvalue weighted by Gasteiger charge is -2.23. The number of ether oxygens (including phenoxy) is 1. The van der Waals surface area contributed by atoms with Crippen LogP contribution in [0.1, 0.15) is 12.8 Å². The molecule has 0 radical (unpaired) electrons. The fourth-order valence-electron chi connectivity index (χ4n) is 1.94. The molecule has 1 fully saturated rings. The number of nitrogens with two attached hydrogens (primary N) is 1. The molecule has 1 aliphatic heterocycles. The van der Waals surface area contributed by atoms with Crippen molar-refractivity contribution in [2.24, 2.45) is 0 Å². The fraction of sp³-hybridized carbons (Fsp3) is 0.545. The Kier molecular flexibility index (Phi) is 3.06. The number of hydrogen-bond donors (Lipinski definition) is 1. The van der Waals surface area contributed by atoms with Gasteiger partial charge in [-0.1, -0.05) is 0 Å². The van der Waals surface area contributed by atoms with E-state index in [4.69, 9.17) is 10.5 Å². The van der Waals surface area contributed by atoms with Crippen molar-refractivity contribution in [2.75, 3.05) is 30.8 Å². The van der Waals surface area contributed by atoms with Crippen LogP contribution in [0.15, 0.2) is 18.5 Å². The molecule has 15 heavy (non-hydrogen) atoms. The van der Waals surface area contributed by atoms with Crippen molar-refractivity contribution in [2.45, 2.75) is 18.9 Å². The molecular formula is C11H17N3O. The maximum absolute atomic E-state index is 5.85. The van der Waals surface area contributed by atoms with Crippen LogP contribution < -0.4 is 10.6 Å². The second kappa shape index (κ2) is 4.49. The van der Waals surface area contributed by atoms with Crippen molar-refractivity contribution in [3.05, 3.63) is 18.5 Å². The molecular weight excluding hydrogens is 190 g/mol. The Bertz CT molecular complexity index is 323. The minimum absolute atomic E-state index is 0.350. The van der Waals surface area contributed by atoms with Crippen LogP contribution >= 0.6 is 0 Å². The molecule has 1 unspecified atom stereocenters. The first kappa shape index (κ1) is 10.2. The lowest BCUT2D eigenvalue weighted by Crippen LogP contribution is -2.29. The third kappa shape index (κ3) is 2.39. The summed E-state index contributed by atoms with van der Waals surface area (Å²) in [5, 5.41) is 0. The first-order valence-electron chi connectivity index (χ1n) is 5.29. The maximum Gasteiger partial charge on any atom is 0.0750 e. The van der Waals surface area contributed by atoms with Gasteiger partial charge in [-0.25, -0.2) is 0 Å². The minimum Gasteiger partial charge on any atom is -0.396 e. The molecule has 0 spiro atoms. The topological polar surface area (TPSA) is 51.4 Å². The molecule has 2 rings (SSSR count). The molecule has 1 aromatic rings. The molecule has 0 bridgehead atoms. The van der Waals surface area contributed by atoms with Gasteiger partial charge in [0, 0.05) is 26.4 Å². The summed E-state index contributed by atoms with van der Waals surface area (Å²) in [6.07, 6.45) is 6.11. The number of rotatable bonds is 3. The van der Waals surface area contributed by atoms with E-state index in [0.29, 0.717) is 6.10 Å². The third-order valence-corrected chi connectivity index (χ3v) is 2.74. The molecule has 2 N–H and O–H groups in total. The first-order valence-corrected chi connectivity index (χ1v) is 5.29. The van der Waals surface area contributed by atoms with Crippen molar-refractivity contribution in [3.63, 3.8) is 0 Å². The van der Waals surface area contributed by atoms with Gasteiger partial charge in [-0.2, -0.15) is 0 Å². The van der Waals surface area contributed by atoms with Gasteiger partial charge in [-0.05, 0) is 18.9 Å². The van der Waals surface area contributed by atoms with Crippen LogP contribution in [0, 0.1) is 0 Å². The second-order valence-electron chi connectivity index (χ2n) is 3.95. The number of hydrogen-bond acceptors (Lipinski definition) is 4. The van der Waals surface area contributed by atoms with Crippen LogP contribution in [-0.4, -0.2) is 31.3 Å². The SMILES string of the molecule is CN(CC1CCCO1)c1ccncc1N. The molecule has 82 valence electrons. The molecule has 0 amide bonds. The number of pyridine rings is 1. The number of likely N-dealkylation sites (N-methyl/N-ethyl adjacent to an activating group) is 1. The molecule has 2 heterocycles. The fourth-order valence-corrected chi connectivity index (χ4v) is 1.94. The Morgan fingerprint density at radius 1 is 1.67 bits per heavy atom. The number of aromatic nitrogens is 1. The summed E-state index contributed by atoms with van der Waals surface area (Å²) < 4.78 is 5.59. The van der Waals surface area contributed by atoms with Crippen LogP contribution in [0.25, 0.3) is 0 Å². The van der Waals surface area contributed by atoms with Gasteiger partial charge in [0.25, 0.3) is 0 Å². The van der Waals surface area contributed by atoms with E-state index < -0.39 is 0 Å². The first-order chi connectivity index (χ1) is 7.27. The van der Waals surface area contributed by atoms with E-state index in [1.807, 2.05) is 13.1 Å². The zero-order valence-corrected chi connectivity index (χ0v) is 9.02. The van der Waals surface area contributed by atoms with Gasteiger partial charge < -0.3 is 15.4 Å². The van der Waals surface area contributed by atoms with E-state index in [9.17, 15) is 0 Å². The molecule has 4 heteroatoms. The molecule has 1 saturated heterocycles. The van der Waals surface area contributed by atoms with Crippen molar-refractivity contribution in [3.8, 4) is 0 Å². The summed E-state index contributed by atoms with van der Waals surface area (Å²) in [5.74, 6) is 0. The third-order valence-electron chi connectivity index (χ3n) is 2.74. The van der Waals surface area contributed by atoms with Crippen LogP contribution in [0.4, 0.5) is 11.4 Å². The number of anilines is 2. The highest BCUT2D eigenvalue weighted by atomic mass is 16.5. The number of nitrogens with zero attached hydrogens (tertiary/aromatic N) is 2. The molecule has 1 aromatic heterocycles. The predicted octanol–water partition coefficient (Wildman–Crippen LogP) is 1.28. The van der Waals surface area contributed by atoms with Gasteiger partial charge >= 0.3 is 0 Å². The van der Waals surface area contributed by atoms with E-state index in [1.165, 1.54) is 6.42 Å². The average molecular weight is 207 g/mol. The molecule has 0 saturated carbocycles.